The summed E-state index contributed by atoms with van der Waals surface area (Å²) in [6.07, 6.45) is 3.97. The minimum Gasteiger partial charge on any atom is -0.497 e. The van der Waals surface area contributed by atoms with Gasteiger partial charge in [-0.15, -0.1) is 0 Å². The van der Waals surface area contributed by atoms with Crippen molar-refractivity contribution < 1.29 is 28.2 Å². The number of nitrogens with one attached hydrogen (secondary N) is 1. The topological polar surface area (TPSA) is 77.9 Å². The normalized spacial score (nSPS) is 18.9. The quantitative estimate of drug-likeness (QED) is 0.235. The maximum Gasteiger partial charge on any atom is 0.174 e. The Balaban J connectivity index is 1.38. The fourth-order valence-electron chi connectivity index (χ4n) is 5.03. The first-order valence-electron chi connectivity index (χ1n) is 12.2. The van der Waals surface area contributed by atoms with Gasteiger partial charge in [-0.1, -0.05) is 11.8 Å². The number of methoxy groups -OCH3 is 1. The van der Waals surface area contributed by atoms with Crippen LogP contribution in [0.5, 0.6) is 5.75 Å². The zero-order chi connectivity index (χ0) is 26.4. The molecule has 1 unspecified atom stereocenters. The van der Waals surface area contributed by atoms with Gasteiger partial charge in [0.2, 0.25) is 0 Å². The second-order valence-electron chi connectivity index (χ2n) is 9.32. The Morgan fingerprint density at radius 3 is 2.78 bits per heavy atom. The lowest BCUT2D eigenvalue weighted by Crippen LogP contribution is -2.42. The standard InChI is InChI=1S/C28H30F3N3O3/c1-37-22-5-7-26-24(15-22)23(8-10-32-26)27(33-36)6-4-18-9-12-34(16-20(18)17-35)11-2-3-19-13-21(29)14-25(30)28(19)31/h5,7-8,10,13-15,18,20,27,33,35-36H,4,6,9,11-12,16-17H2,1H3/t18-,20-,27?/m1/s1. The second-order valence-corrected chi connectivity index (χ2v) is 9.32. The minimum absolute atomic E-state index is 0.00490. The molecule has 9 heteroatoms. The number of likely N-dealkylation sites (tertiary alicyclic amines) is 1. The van der Waals surface area contributed by atoms with Crippen LogP contribution < -0.4 is 10.2 Å². The summed E-state index contributed by atoms with van der Waals surface area (Å²) in [6.45, 7) is 1.63. The molecule has 4 rings (SSSR count). The van der Waals surface area contributed by atoms with Crippen LogP contribution in [0.25, 0.3) is 10.9 Å². The van der Waals surface area contributed by atoms with Crippen molar-refractivity contribution in [2.75, 3.05) is 33.4 Å². The molecular formula is C28H30F3N3O3. The van der Waals surface area contributed by atoms with Crippen molar-refractivity contribution in [3.05, 3.63) is 71.2 Å². The van der Waals surface area contributed by atoms with Crippen molar-refractivity contribution >= 4 is 10.9 Å². The first kappa shape index (κ1) is 26.9. The largest absolute Gasteiger partial charge is 0.497 e. The molecule has 3 atom stereocenters. The summed E-state index contributed by atoms with van der Waals surface area (Å²) in [4.78, 5) is 6.45. The maximum atomic E-state index is 13.8. The third kappa shape index (κ3) is 6.40. The molecule has 1 saturated heterocycles. The molecule has 196 valence electrons. The number of pyridine rings is 1. The van der Waals surface area contributed by atoms with E-state index in [0.717, 1.165) is 41.9 Å². The molecule has 3 aromatic rings. The van der Waals surface area contributed by atoms with Crippen LogP contribution in [0, 0.1) is 41.1 Å². The molecule has 3 N–H and O–H groups in total. The van der Waals surface area contributed by atoms with Gasteiger partial charge < -0.3 is 15.1 Å². The van der Waals surface area contributed by atoms with E-state index >= 15 is 0 Å². The summed E-state index contributed by atoms with van der Waals surface area (Å²) in [5.41, 5.74) is 3.86. The first-order valence-corrected chi connectivity index (χ1v) is 12.2. The van der Waals surface area contributed by atoms with Gasteiger partial charge in [0.1, 0.15) is 11.6 Å². The third-order valence-corrected chi connectivity index (χ3v) is 7.07. The number of nitrogens with zero attached hydrogens (tertiary/aromatic N) is 2. The lowest BCUT2D eigenvalue weighted by Gasteiger charge is -2.37. The Kier molecular flexibility index (Phi) is 9.00. The molecular weight excluding hydrogens is 483 g/mol. The van der Waals surface area contributed by atoms with Crippen LogP contribution in [0.2, 0.25) is 0 Å². The van der Waals surface area contributed by atoms with E-state index in [0.29, 0.717) is 31.3 Å². The number of fused-ring (bicyclic) bond motifs is 1. The van der Waals surface area contributed by atoms with Crippen LogP contribution in [0.3, 0.4) is 0 Å². The number of hydrogen-bond acceptors (Lipinski definition) is 6. The highest BCUT2D eigenvalue weighted by Crippen LogP contribution is 2.33. The zero-order valence-corrected chi connectivity index (χ0v) is 20.6. The van der Waals surface area contributed by atoms with Crippen molar-refractivity contribution in [3.63, 3.8) is 0 Å². The second kappa shape index (κ2) is 12.4. The number of piperidine rings is 1. The number of aliphatic hydroxyl groups excluding tert-OH is 1. The Morgan fingerprint density at radius 1 is 1.19 bits per heavy atom. The van der Waals surface area contributed by atoms with Gasteiger partial charge in [-0.05, 0) is 73.5 Å². The fourth-order valence-corrected chi connectivity index (χ4v) is 5.03. The molecule has 2 aromatic carbocycles. The number of ether oxygens (including phenoxy) is 1. The highest BCUT2D eigenvalue weighted by atomic mass is 19.2. The van der Waals surface area contributed by atoms with E-state index in [4.69, 9.17) is 4.74 Å². The molecule has 2 heterocycles. The predicted octanol–water partition coefficient (Wildman–Crippen LogP) is 4.44. The highest BCUT2D eigenvalue weighted by molar-refractivity contribution is 5.84. The van der Waals surface area contributed by atoms with Crippen LogP contribution in [0.4, 0.5) is 13.2 Å². The Hall–Kier alpha value is -3.16. The molecule has 0 amide bonds. The van der Waals surface area contributed by atoms with Crippen molar-refractivity contribution in [2.24, 2.45) is 11.8 Å². The van der Waals surface area contributed by atoms with Crippen molar-refractivity contribution in [2.45, 2.75) is 25.3 Å². The molecule has 37 heavy (non-hydrogen) atoms. The minimum atomic E-state index is -1.26. The number of hydroxylamine groups is 1. The zero-order valence-electron chi connectivity index (χ0n) is 20.6. The van der Waals surface area contributed by atoms with E-state index in [1.807, 2.05) is 29.2 Å². The molecule has 1 aliphatic heterocycles. The van der Waals surface area contributed by atoms with E-state index < -0.39 is 17.5 Å². The monoisotopic (exact) mass is 513 g/mol. The Bertz CT molecular complexity index is 1290. The maximum absolute atomic E-state index is 13.8. The lowest BCUT2D eigenvalue weighted by molar-refractivity contribution is 0.0657. The number of aliphatic hydroxyl groups is 1. The average molecular weight is 514 g/mol. The van der Waals surface area contributed by atoms with Gasteiger partial charge in [0.05, 0.1) is 30.8 Å². The molecule has 0 bridgehead atoms. The Labute approximate surface area is 214 Å². The van der Waals surface area contributed by atoms with Gasteiger partial charge in [-0.3, -0.25) is 9.88 Å². The molecule has 1 aromatic heterocycles. The van der Waals surface area contributed by atoms with Gasteiger partial charge in [0, 0.05) is 30.8 Å². The summed E-state index contributed by atoms with van der Waals surface area (Å²) in [5, 5.41) is 20.9. The number of aromatic nitrogens is 1. The van der Waals surface area contributed by atoms with Crippen LogP contribution in [0.15, 0.2) is 42.6 Å². The summed E-state index contributed by atoms with van der Waals surface area (Å²) in [7, 11) is 1.60. The van der Waals surface area contributed by atoms with E-state index in [1.165, 1.54) is 0 Å². The fraction of sp³-hybridized carbons (Fsp3) is 0.393. The molecule has 1 aliphatic rings. The molecule has 0 spiro atoms. The number of rotatable bonds is 8. The number of benzene rings is 2. The number of halogens is 3. The molecule has 0 radical (unpaired) electrons. The van der Waals surface area contributed by atoms with E-state index in [1.54, 1.807) is 13.3 Å². The summed E-state index contributed by atoms with van der Waals surface area (Å²) >= 11 is 0. The predicted molar refractivity (Wildman–Crippen MR) is 134 cm³/mol. The summed E-state index contributed by atoms with van der Waals surface area (Å²) in [6, 6.07) is 8.56. The van der Waals surface area contributed by atoms with E-state index in [9.17, 15) is 23.5 Å². The smallest absolute Gasteiger partial charge is 0.174 e. The third-order valence-electron chi connectivity index (χ3n) is 7.07. The molecule has 0 saturated carbocycles. The van der Waals surface area contributed by atoms with Gasteiger partial charge in [0.15, 0.2) is 11.6 Å². The lowest BCUT2D eigenvalue weighted by atomic mass is 9.81. The molecule has 6 nitrogen and oxygen atoms in total. The number of hydrogen-bond donors (Lipinski definition) is 3. The van der Waals surface area contributed by atoms with Crippen molar-refractivity contribution in [1.82, 2.24) is 15.4 Å². The van der Waals surface area contributed by atoms with E-state index in [-0.39, 0.29) is 30.0 Å². The summed E-state index contributed by atoms with van der Waals surface area (Å²) < 4.78 is 45.9. The Morgan fingerprint density at radius 2 is 2.03 bits per heavy atom. The van der Waals surface area contributed by atoms with Crippen molar-refractivity contribution in [3.8, 4) is 17.6 Å². The van der Waals surface area contributed by atoms with Crippen molar-refractivity contribution in [1.29, 1.82) is 0 Å². The van der Waals surface area contributed by atoms with Gasteiger partial charge in [-0.25, -0.2) is 13.2 Å². The van der Waals surface area contributed by atoms with Crippen LogP contribution in [-0.2, 0) is 0 Å². The molecule has 0 aliphatic carbocycles. The van der Waals surface area contributed by atoms with E-state index in [2.05, 4.69) is 22.3 Å². The SMILES string of the molecule is COc1ccc2nccc(C(CC[C@@H]3CCN(CC#Cc4cc(F)cc(F)c4F)C[C@@H]3CO)NO)c2c1. The molecule has 1 fully saturated rings. The first-order chi connectivity index (χ1) is 17.9. The van der Waals surface area contributed by atoms with Gasteiger partial charge in [0.25, 0.3) is 0 Å². The van der Waals surface area contributed by atoms with Crippen LogP contribution >= 0.6 is 0 Å². The summed E-state index contributed by atoms with van der Waals surface area (Å²) in [5.74, 6) is 2.96. The average Bonchev–Trinajstić information content (AvgIpc) is 2.91. The highest BCUT2D eigenvalue weighted by Gasteiger charge is 2.29. The van der Waals surface area contributed by atoms with Crippen LogP contribution in [0.1, 0.15) is 36.4 Å². The van der Waals surface area contributed by atoms with Crippen LogP contribution in [-0.4, -0.2) is 53.5 Å². The van der Waals surface area contributed by atoms with Gasteiger partial charge >= 0.3 is 0 Å². The van der Waals surface area contributed by atoms with Gasteiger partial charge in [-0.2, -0.15) is 5.48 Å².